The number of carboxylic acids is 1. The lowest BCUT2D eigenvalue weighted by Gasteiger charge is -2.19. The van der Waals surface area contributed by atoms with Gasteiger partial charge in [0.1, 0.15) is 24.3 Å². The SMILES string of the molecule is CCC[C@H](NC(=O)N[C@@H](CCCCNC(=O)CCCCCCC(=O)CCCCCCCC(=O)CCc1cn(CC[18F])nn1)OC=O)C(=O)O. The summed E-state index contributed by atoms with van der Waals surface area (Å²) >= 11 is 0. The summed E-state index contributed by atoms with van der Waals surface area (Å²) in [6, 6.07) is -1.76. The molecule has 0 saturated carbocycles. The fraction of sp³-hybridized carbons (Fsp3) is 0.765. The second-order valence-corrected chi connectivity index (χ2v) is 12.3. The Labute approximate surface area is 289 Å². The number of urea groups is 1. The smallest absolute Gasteiger partial charge is 0.326 e. The lowest BCUT2D eigenvalue weighted by molar-refractivity contribution is -0.140. The second-order valence-electron chi connectivity index (χ2n) is 12.3. The number of rotatable bonds is 32. The summed E-state index contributed by atoms with van der Waals surface area (Å²) in [5.41, 5.74) is 0.706. The van der Waals surface area contributed by atoms with Crippen LogP contribution in [0.3, 0.4) is 0 Å². The third kappa shape index (κ3) is 23.1. The molecule has 0 bridgehead atoms. The van der Waals surface area contributed by atoms with Crippen molar-refractivity contribution in [3.8, 4) is 0 Å². The fourth-order valence-electron chi connectivity index (χ4n) is 5.21. The maximum atomic E-state index is 12.3. The molecule has 4 N–H and O–H groups in total. The van der Waals surface area contributed by atoms with E-state index in [1.165, 1.54) is 4.68 Å². The Morgan fingerprint density at radius 2 is 1.47 bits per heavy atom. The van der Waals surface area contributed by atoms with E-state index in [9.17, 15) is 33.2 Å². The molecule has 0 aliphatic carbocycles. The predicted octanol–water partition coefficient (Wildman–Crippen LogP) is 4.73. The monoisotopic (exact) mass is 695 g/mol. The molecule has 15 heteroatoms. The highest BCUT2D eigenvalue weighted by Crippen LogP contribution is 2.12. The number of nitrogens with one attached hydrogen (secondary N) is 3. The van der Waals surface area contributed by atoms with Gasteiger partial charge in [-0.2, -0.15) is 0 Å². The highest BCUT2D eigenvalue weighted by molar-refractivity contribution is 5.82. The summed E-state index contributed by atoms with van der Waals surface area (Å²) in [6.07, 6.45) is 14.1. The third-order valence-electron chi connectivity index (χ3n) is 7.99. The van der Waals surface area contributed by atoms with Crippen LogP contribution in [0.25, 0.3) is 0 Å². The molecular weight excluding hydrogens is 638 g/mol. The van der Waals surface area contributed by atoms with E-state index >= 15 is 0 Å². The van der Waals surface area contributed by atoms with E-state index in [0.29, 0.717) is 76.4 Å². The molecule has 1 aromatic rings. The number of carbonyl (C=O) groups excluding carboxylic acids is 5. The number of hydrogen-bond donors (Lipinski definition) is 4. The number of unbranched alkanes of at least 4 members (excludes halogenated alkanes) is 8. The van der Waals surface area contributed by atoms with Gasteiger partial charge in [-0.05, 0) is 51.4 Å². The number of carbonyl (C=O) groups is 6. The van der Waals surface area contributed by atoms with Gasteiger partial charge in [-0.3, -0.25) is 19.2 Å². The number of aromatic nitrogens is 3. The molecule has 3 amide bonds. The van der Waals surface area contributed by atoms with Crippen LogP contribution in [0, 0.1) is 0 Å². The fourth-order valence-corrected chi connectivity index (χ4v) is 5.21. The van der Waals surface area contributed by atoms with E-state index in [-0.39, 0.29) is 36.9 Å². The maximum absolute atomic E-state index is 12.3. The molecule has 0 aliphatic rings. The van der Waals surface area contributed by atoms with E-state index in [0.717, 1.165) is 57.8 Å². The number of carboxylic acid groups (broad SMARTS) is 1. The zero-order valence-corrected chi connectivity index (χ0v) is 29.1. The van der Waals surface area contributed by atoms with Crippen molar-refractivity contribution in [2.75, 3.05) is 13.2 Å². The molecule has 1 aromatic heterocycles. The van der Waals surface area contributed by atoms with Gasteiger partial charge in [-0.25, -0.2) is 18.7 Å². The highest BCUT2D eigenvalue weighted by Gasteiger charge is 2.21. The zero-order chi connectivity index (χ0) is 36.1. The molecule has 49 heavy (non-hydrogen) atoms. The van der Waals surface area contributed by atoms with Crippen molar-refractivity contribution in [2.24, 2.45) is 0 Å². The quantitative estimate of drug-likeness (QED) is 0.0464. The normalized spacial score (nSPS) is 12.1. The van der Waals surface area contributed by atoms with E-state index in [1.807, 2.05) is 0 Å². The number of alkyl halides is 1. The molecule has 0 unspecified atom stereocenters. The molecule has 0 aliphatic heterocycles. The average molecular weight is 696 g/mol. The van der Waals surface area contributed by atoms with Crippen LogP contribution in [0.15, 0.2) is 6.20 Å². The standard InChI is InChI=1S/C34H57FN6O8/c1-2-14-30(33(46)47)37-34(48)38-32(49-26-42)19-12-13-23-36-31(45)18-11-7-6-10-16-28(43)15-8-4-3-5-9-17-29(44)21-20-27-25-41(24-22-35)40-39-27/h25-26,30,32H,2-24H2,1H3,(H,36,45)(H,46,47)(H2,37,38,48)/t30-,32+/m0/s1/i35-1. The van der Waals surface area contributed by atoms with Gasteiger partial charge in [0.05, 0.1) is 12.2 Å². The summed E-state index contributed by atoms with van der Waals surface area (Å²) in [6.45, 7) is 2.15. The van der Waals surface area contributed by atoms with Crippen molar-refractivity contribution in [1.82, 2.24) is 30.9 Å². The summed E-state index contributed by atoms with van der Waals surface area (Å²) in [5, 5.41) is 24.6. The molecule has 0 saturated heterocycles. The van der Waals surface area contributed by atoms with Crippen LogP contribution in [0.1, 0.15) is 135 Å². The summed E-state index contributed by atoms with van der Waals surface area (Å²) in [5.74, 6) is -0.723. The average Bonchev–Trinajstić information content (AvgIpc) is 3.52. The Hall–Kier alpha value is -3.91. The van der Waals surface area contributed by atoms with Gasteiger partial charge in [-0.1, -0.05) is 50.7 Å². The topological polar surface area (TPSA) is 199 Å². The Morgan fingerprint density at radius 1 is 0.857 bits per heavy atom. The molecule has 0 radical (unpaired) electrons. The van der Waals surface area contributed by atoms with Gasteiger partial charge < -0.3 is 25.8 Å². The largest absolute Gasteiger partial charge is 0.480 e. The molecule has 0 aromatic carbocycles. The minimum absolute atomic E-state index is 0.0501. The number of aryl methyl sites for hydroxylation is 2. The van der Waals surface area contributed by atoms with Crippen molar-refractivity contribution >= 4 is 35.9 Å². The van der Waals surface area contributed by atoms with Crippen LogP contribution < -0.4 is 16.0 Å². The first-order valence-corrected chi connectivity index (χ1v) is 17.8. The first kappa shape index (κ1) is 43.1. The highest BCUT2D eigenvalue weighted by atomic mass is 18.2. The van der Waals surface area contributed by atoms with Gasteiger partial charge in [0.2, 0.25) is 5.91 Å². The van der Waals surface area contributed by atoms with E-state index in [2.05, 4.69) is 26.3 Å². The van der Waals surface area contributed by atoms with E-state index in [4.69, 9.17) is 9.84 Å². The lowest BCUT2D eigenvalue weighted by Crippen LogP contribution is -2.49. The molecular formula is C34H57FN6O8. The van der Waals surface area contributed by atoms with Crippen molar-refractivity contribution in [3.05, 3.63) is 11.9 Å². The first-order chi connectivity index (χ1) is 23.7. The number of hydrogen-bond acceptors (Lipinski definition) is 9. The predicted molar refractivity (Wildman–Crippen MR) is 180 cm³/mol. The van der Waals surface area contributed by atoms with Crippen LogP contribution in [-0.4, -0.2) is 81.5 Å². The van der Waals surface area contributed by atoms with Crippen molar-refractivity contribution in [1.29, 1.82) is 0 Å². The molecule has 1 heterocycles. The van der Waals surface area contributed by atoms with Crippen molar-refractivity contribution < 1.29 is 43.0 Å². The molecule has 2 atom stereocenters. The van der Waals surface area contributed by atoms with Gasteiger partial charge in [0.15, 0.2) is 6.23 Å². The summed E-state index contributed by atoms with van der Waals surface area (Å²) in [7, 11) is 0. The van der Waals surface area contributed by atoms with Crippen LogP contribution in [-0.2, 0) is 41.7 Å². The van der Waals surface area contributed by atoms with Crippen molar-refractivity contribution in [2.45, 2.75) is 154 Å². The number of halogens is 1. The van der Waals surface area contributed by atoms with Gasteiger partial charge in [0.25, 0.3) is 6.47 Å². The molecule has 0 spiro atoms. The summed E-state index contributed by atoms with van der Waals surface area (Å²) in [4.78, 5) is 70.4. The van der Waals surface area contributed by atoms with Gasteiger partial charge >= 0.3 is 12.0 Å². The zero-order valence-electron chi connectivity index (χ0n) is 29.1. The molecule has 0 fully saturated rings. The number of Topliss-reactive ketones (excluding diaryl/α,β-unsaturated/α-hetero) is 2. The van der Waals surface area contributed by atoms with Crippen LogP contribution >= 0.6 is 0 Å². The maximum Gasteiger partial charge on any atom is 0.326 e. The molecule has 14 nitrogen and oxygen atoms in total. The van der Waals surface area contributed by atoms with Crippen molar-refractivity contribution in [3.63, 3.8) is 0 Å². The molecule has 1 rings (SSSR count). The van der Waals surface area contributed by atoms with Crippen LogP contribution in [0.2, 0.25) is 0 Å². The van der Waals surface area contributed by atoms with Crippen LogP contribution in [0.5, 0.6) is 0 Å². The first-order valence-electron chi connectivity index (χ1n) is 17.8. The summed E-state index contributed by atoms with van der Waals surface area (Å²) < 4.78 is 18.7. The second kappa shape index (κ2) is 28.0. The Morgan fingerprint density at radius 3 is 2.06 bits per heavy atom. The third-order valence-corrected chi connectivity index (χ3v) is 7.99. The Bertz CT molecular complexity index is 1120. The minimum atomic E-state index is -1.14. The minimum Gasteiger partial charge on any atom is -0.480 e. The van der Waals surface area contributed by atoms with E-state index < -0.39 is 30.9 Å². The number of amides is 3. The van der Waals surface area contributed by atoms with Gasteiger partial charge in [0, 0.05) is 51.3 Å². The van der Waals surface area contributed by atoms with Gasteiger partial charge in [-0.15, -0.1) is 5.10 Å². The van der Waals surface area contributed by atoms with Crippen LogP contribution in [0.4, 0.5) is 9.18 Å². The van der Waals surface area contributed by atoms with E-state index in [1.54, 1.807) is 13.1 Å². The number of nitrogens with zero attached hydrogens (tertiary/aromatic N) is 3. The lowest BCUT2D eigenvalue weighted by atomic mass is 10.0. The number of ketones is 2. The number of ether oxygens (including phenoxy) is 1. The Balaban J connectivity index is 1.97. The molecule has 278 valence electrons. The number of aliphatic carboxylic acids is 1. The Kier molecular flexibility index (Phi) is 24.6.